The molecule has 3 rings (SSSR count). The van der Waals surface area contributed by atoms with Gasteiger partial charge in [-0.05, 0) is 44.3 Å². The van der Waals surface area contributed by atoms with Gasteiger partial charge in [0.25, 0.3) is 0 Å². The first kappa shape index (κ1) is 17.7. The lowest BCUT2D eigenvalue weighted by atomic mass is 9.98. The van der Waals surface area contributed by atoms with E-state index in [4.69, 9.17) is 15.2 Å². The molecule has 0 bridgehead atoms. The molecule has 1 aromatic heterocycles. The van der Waals surface area contributed by atoms with Crippen LogP contribution in [0.5, 0.6) is 11.5 Å². The number of anilines is 1. The Hall–Kier alpha value is -2.12. The van der Waals surface area contributed by atoms with Gasteiger partial charge in [0.05, 0.1) is 19.2 Å². The van der Waals surface area contributed by atoms with Crippen LogP contribution in [0.15, 0.2) is 18.5 Å². The van der Waals surface area contributed by atoms with E-state index < -0.39 is 0 Å². The first-order valence-electron chi connectivity index (χ1n) is 8.75. The number of rotatable bonds is 7. The Kier molecular flexibility index (Phi) is 5.88. The average molecular weight is 346 g/mol. The van der Waals surface area contributed by atoms with Crippen molar-refractivity contribution in [3.8, 4) is 11.5 Å². The molecule has 25 heavy (non-hydrogen) atoms. The van der Waals surface area contributed by atoms with Crippen molar-refractivity contribution in [1.29, 1.82) is 0 Å². The van der Waals surface area contributed by atoms with Crippen LogP contribution in [0.25, 0.3) is 10.9 Å². The van der Waals surface area contributed by atoms with E-state index >= 15 is 0 Å². The van der Waals surface area contributed by atoms with Crippen LogP contribution in [0, 0.1) is 5.92 Å². The van der Waals surface area contributed by atoms with Crippen molar-refractivity contribution in [3.63, 3.8) is 0 Å². The molecular formula is C18H26N4O3. The van der Waals surface area contributed by atoms with Crippen LogP contribution in [-0.4, -0.2) is 59.9 Å². The molecule has 0 spiro atoms. The maximum atomic E-state index is 9.19. The minimum atomic E-state index is 0.312. The van der Waals surface area contributed by atoms with Gasteiger partial charge in [0.2, 0.25) is 0 Å². The fourth-order valence-corrected chi connectivity index (χ4v) is 3.22. The topological polar surface area (TPSA) is 93.7 Å². The van der Waals surface area contributed by atoms with Crippen molar-refractivity contribution in [2.45, 2.75) is 19.3 Å². The molecule has 1 aromatic carbocycles. The lowest BCUT2D eigenvalue weighted by Crippen LogP contribution is -2.35. The molecule has 2 heterocycles. The highest BCUT2D eigenvalue weighted by Crippen LogP contribution is 2.33. The van der Waals surface area contributed by atoms with Crippen LogP contribution >= 0.6 is 0 Å². The number of hydrogen-bond donors (Lipinski definition) is 2. The lowest BCUT2D eigenvalue weighted by Gasteiger charge is -2.30. The summed E-state index contributed by atoms with van der Waals surface area (Å²) >= 11 is 0. The quantitative estimate of drug-likeness (QED) is 0.737. The summed E-state index contributed by atoms with van der Waals surface area (Å²) in [6.45, 7) is 4.04. The van der Waals surface area contributed by atoms with Gasteiger partial charge in [0.15, 0.2) is 11.5 Å². The molecule has 0 radical (unpaired) electrons. The number of nitrogens with two attached hydrogens (primary N) is 1. The SMILES string of the molecule is COc1cc2c(N)ncnc2cc1OCCCN1CCC(CO)CC1. The van der Waals surface area contributed by atoms with Gasteiger partial charge in [-0.25, -0.2) is 9.97 Å². The van der Waals surface area contributed by atoms with Gasteiger partial charge in [-0.1, -0.05) is 0 Å². The van der Waals surface area contributed by atoms with E-state index in [1.807, 2.05) is 12.1 Å². The number of aliphatic hydroxyl groups is 1. The number of aliphatic hydroxyl groups excluding tert-OH is 1. The van der Waals surface area contributed by atoms with E-state index in [0.717, 1.165) is 49.8 Å². The van der Waals surface area contributed by atoms with Gasteiger partial charge in [0, 0.05) is 24.6 Å². The maximum absolute atomic E-state index is 9.19. The second-order valence-corrected chi connectivity index (χ2v) is 6.45. The summed E-state index contributed by atoms with van der Waals surface area (Å²) in [6, 6.07) is 3.67. The highest BCUT2D eigenvalue weighted by Gasteiger charge is 2.18. The first-order chi connectivity index (χ1) is 12.2. The summed E-state index contributed by atoms with van der Waals surface area (Å²) in [7, 11) is 1.61. The Bertz CT molecular complexity index is 702. The predicted molar refractivity (Wildman–Crippen MR) is 96.9 cm³/mol. The van der Waals surface area contributed by atoms with Gasteiger partial charge in [0.1, 0.15) is 12.1 Å². The van der Waals surface area contributed by atoms with Crippen molar-refractivity contribution in [1.82, 2.24) is 14.9 Å². The van der Waals surface area contributed by atoms with Gasteiger partial charge in [-0.2, -0.15) is 0 Å². The third kappa shape index (κ3) is 4.29. The molecule has 0 amide bonds. The third-order valence-electron chi connectivity index (χ3n) is 4.79. The summed E-state index contributed by atoms with van der Waals surface area (Å²) in [5, 5.41) is 9.95. The number of nitrogens with zero attached hydrogens (tertiary/aromatic N) is 3. The zero-order chi connectivity index (χ0) is 17.6. The molecular weight excluding hydrogens is 320 g/mol. The Labute approximate surface area is 147 Å². The smallest absolute Gasteiger partial charge is 0.163 e. The largest absolute Gasteiger partial charge is 0.493 e. The number of benzene rings is 1. The first-order valence-corrected chi connectivity index (χ1v) is 8.75. The maximum Gasteiger partial charge on any atom is 0.163 e. The lowest BCUT2D eigenvalue weighted by molar-refractivity contribution is 0.126. The summed E-state index contributed by atoms with van der Waals surface area (Å²) < 4.78 is 11.3. The number of fused-ring (bicyclic) bond motifs is 1. The molecule has 1 aliphatic heterocycles. The molecule has 1 fully saturated rings. The molecule has 1 aliphatic rings. The standard InChI is InChI=1S/C18H26N4O3/c1-24-16-9-14-15(20-12-21-18(14)19)10-17(16)25-8-2-5-22-6-3-13(11-23)4-7-22/h9-10,12-13,23H,2-8,11H2,1H3,(H2,19,20,21). The van der Waals surface area contributed by atoms with Gasteiger partial charge in [-0.3, -0.25) is 0 Å². The predicted octanol–water partition coefficient (Wildman–Crippen LogP) is 1.69. The van der Waals surface area contributed by atoms with Crippen LogP contribution < -0.4 is 15.2 Å². The molecule has 0 aliphatic carbocycles. The fourth-order valence-electron chi connectivity index (χ4n) is 3.22. The van der Waals surface area contributed by atoms with Crippen molar-refractivity contribution in [3.05, 3.63) is 18.5 Å². The highest BCUT2D eigenvalue weighted by molar-refractivity contribution is 5.90. The Morgan fingerprint density at radius 1 is 1.24 bits per heavy atom. The molecule has 3 N–H and O–H groups in total. The molecule has 7 nitrogen and oxygen atoms in total. The highest BCUT2D eigenvalue weighted by atomic mass is 16.5. The molecule has 7 heteroatoms. The third-order valence-corrected chi connectivity index (χ3v) is 4.79. The molecule has 0 atom stereocenters. The average Bonchev–Trinajstić information content (AvgIpc) is 2.65. The second kappa shape index (κ2) is 8.31. The Balaban J connectivity index is 1.54. The van der Waals surface area contributed by atoms with E-state index in [1.165, 1.54) is 6.33 Å². The van der Waals surface area contributed by atoms with Crippen LogP contribution in [-0.2, 0) is 0 Å². The van der Waals surface area contributed by atoms with E-state index in [9.17, 15) is 5.11 Å². The Morgan fingerprint density at radius 2 is 2.04 bits per heavy atom. The summed E-state index contributed by atoms with van der Waals surface area (Å²) in [4.78, 5) is 10.7. The van der Waals surface area contributed by atoms with Crippen molar-refractivity contribution in [2.75, 3.05) is 45.7 Å². The number of hydrogen-bond acceptors (Lipinski definition) is 7. The normalized spacial score (nSPS) is 16.2. The number of aromatic nitrogens is 2. The van der Waals surface area contributed by atoms with Crippen molar-refractivity contribution in [2.24, 2.45) is 5.92 Å². The van der Waals surface area contributed by atoms with E-state index in [1.54, 1.807) is 7.11 Å². The molecule has 0 unspecified atom stereocenters. The fraction of sp³-hybridized carbons (Fsp3) is 0.556. The molecule has 2 aromatic rings. The van der Waals surface area contributed by atoms with Crippen LogP contribution in [0.4, 0.5) is 5.82 Å². The number of ether oxygens (including phenoxy) is 2. The van der Waals surface area contributed by atoms with Gasteiger partial charge < -0.3 is 25.2 Å². The zero-order valence-electron chi connectivity index (χ0n) is 14.6. The van der Waals surface area contributed by atoms with Gasteiger partial charge in [-0.15, -0.1) is 0 Å². The number of methoxy groups -OCH3 is 1. The molecule has 1 saturated heterocycles. The Morgan fingerprint density at radius 3 is 2.76 bits per heavy atom. The van der Waals surface area contributed by atoms with Crippen LogP contribution in [0.2, 0.25) is 0 Å². The monoisotopic (exact) mass is 346 g/mol. The summed E-state index contributed by atoms with van der Waals surface area (Å²) in [5.41, 5.74) is 6.63. The van der Waals surface area contributed by atoms with Crippen molar-refractivity contribution < 1.29 is 14.6 Å². The number of piperidine rings is 1. The summed E-state index contributed by atoms with van der Waals surface area (Å²) in [6.07, 6.45) is 4.55. The summed E-state index contributed by atoms with van der Waals surface area (Å²) in [5.74, 6) is 2.22. The van der Waals surface area contributed by atoms with E-state index in [-0.39, 0.29) is 0 Å². The minimum Gasteiger partial charge on any atom is -0.493 e. The zero-order valence-corrected chi connectivity index (χ0v) is 14.6. The van der Waals surface area contributed by atoms with Gasteiger partial charge >= 0.3 is 0 Å². The molecule has 136 valence electrons. The second-order valence-electron chi connectivity index (χ2n) is 6.45. The number of nitrogen functional groups attached to an aromatic ring is 1. The van der Waals surface area contributed by atoms with Crippen LogP contribution in [0.3, 0.4) is 0 Å². The van der Waals surface area contributed by atoms with Crippen LogP contribution in [0.1, 0.15) is 19.3 Å². The van der Waals surface area contributed by atoms with Crippen molar-refractivity contribution >= 4 is 16.7 Å². The van der Waals surface area contributed by atoms with E-state index in [2.05, 4.69) is 14.9 Å². The van der Waals surface area contributed by atoms with E-state index in [0.29, 0.717) is 36.4 Å². The minimum absolute atomic E-state index is 0.312. The molecule has 0 saturated carbocycles. The number of likely N-dealkylation sites (tertiary alicyclic amines) is 1.